The second-order valence-corrected chi connectivity index (χ2v) is 7.86. The Kier molecular flexibility index (Phi) is 5.82. The fourth-order valence-electron chi connectivity index (χ4n) is 3.12. The van der Waals surface area contributed by atoms with Crippen molar-refractivity contribution in [1.29, 1.82) is 0 Å². The molecule has 0 aliphatic carbocycles. The van der Waals surface area contributed by atoms with E-state index in [4.69, 9.17) is 0 Å². The van der Waals surface area contributed by atoms with E-state index in [-0.39, 0.29) is 5.82 Å². The third kappa shape index (κ3) is 4.64. The second-order valence-electron chi connectivity index (χ2n) is 6.92. The van der Waals surface area contributed by atoms with E-state index in [1.807, 2.05) is 35.8 Å². The maximum absolute atomic E-state index is 13.4. The van der Waals surface area contributed by atoms with Crippen molar-refractivity contribution in [1.82, 2.24) is 14.8 Å². The smallest absolute Gasteiger partial charge is 0.270 e. The van der Waals surface area contributed by atoms with Gasteiger partial charge < -0.3 is 0 Å². The van der Waals surface area contributed by atoms with Crippen molar-refractivity contribution in [2.75, 3.05) is 0 Å². The van der Waals surface area contributed by atoms with E-state index in [2.05, 4.69) is 10.2 Å². The lowest BCUT2D eigenvalue weighted by atomic mass is 10.1. The van der Waals surface area contributed by atoms with E-state index in [1.165, 1.54) is 36.0 Å². The Morgan fingerprint density at radius 2 is 1.55 bits per heavy atom. The topological polar surface area (TPSA) is 30.7 Å². The molecule has 0 saturated heterocycles. The molecule has 0 atom stereocenters. The number of halogens is 4. The van der Waals surface area contributed by atoms with Crippen molar-refractivity contribution >= 4 is 11.8 Å². The molecule has 0 aliphatic heterocycles. The summed E-state index contributed by atoms with van der Waals surface area (Å²) in [5, 5.41) is 9.21. The van der Waals surface area contributed by atoms with Crippen LogP contribution in [0.3, 0.4) is 0 Å². The summed E-state index contributed by atoms with van der Waals surface area (Å²) in [5.74, 6) is 0.637. The van der Waals surface area contributed by atoms with Crippen LogP contribution in [-0.2, 0) is 11.9 Å². The van der Waals surface area contributed by atoms with Crippen molar-refractivity contribution in [3.8, 4) is 17.1 Å². The molecule has 8 heteroatoms. The quantitative estimate of drug-likeness (QED) is 0.254. The standard InChI is InChI=1S/C23H17F4N3S/c1-15-4-2-3-5-20(15)30-21(17-8-12-19(24)13-9-17)28-29-22(30)31-14-16-6-10-18(11-7-16)23(25,26)27/h2-13H,14H2,1H3. The molecule has 1 aromatic heterocycles. The van der Waals surface area contributed by atoms with Gasteiger partial charge in [0.15, 0.2) is 11.0 Å². The highest BCUT2D eigenvalue weighted by Gasteiger charge is 2.30. The molecule has 0 fully saturated rings. The van der Waals surface area contributed by atoms with Crippen molar-refractivity contribution in [3.05, 3.63) is 95.3 Å². The highest BCUT2D eigenvalue weighted by molar-refractivity contribution is 7.98. The molecule has 0 radical (unpaired) electrons. The number of nitrogens with zero attached hydrogens (tertiary/aromatic N) is 3. The molecule has 1 heterocycles. The van der Waals surface area contributed by atoms with Gasteiger partial charge in [-0.15, -0.1) is 10.2 Å². The van der Waals surface area contributed by atoms with Crippen LogP contribution in [0.15, 0.2) is 78.0 Å². The molecule has 0 saturated carbocycles. The Labute approximate surface area is 180 Å². The van der Waals surface area contributed by atoms with Crippen LogP contribution in [-0.4, -0.2) is 14.8 Å². The highest BCUT2D eigenvalue weighted by atomic mass is 32.2. The van der Waals surface area contributed by atoms with Gasteiger partial charge in [0.1, 0.15) is 5.82 Å². The average Bonchev–Trinajstić information content (AvgIpc) is 3.16. The van der Waals surface area contributed by atoms with Crippen LogP contribution >= 0.6 is 11.8 Å². The fraction of sp³-hybridized carbons (Fsp3) is 0.130. The average molecular weight is 443 g/mol. The van der Waals surface area contributed by atoms with E-state index in [1.54, 1.807) is 12.1 Å². The summed E-state index contributed by atoms with van der Waals surface area (Å²) in [7, 11) is 0. The van der Waals surface area contributed by atoms with Crippen LogP contribution in [0.1, 0.15) is 16.7 Å². The number of hydrogen-bond acceptors (Lipinski definition) is 3. The molecule has 4 rings (SSSR count). The number of aryl methyl sites for hydroxylation is 1. The third-order valence-corrected chi connectivity index (χ3v) is 5.74. The summed E-state index contributed by atoms with van der Waals surface area (Å²) in [6.07, 6.45) is -4.36. The largest absolute Gasteiger partial charge is 0.416 e. The van der Waals surface area contributed by atoms with Crippen LogP contribution in [0, 0.1) is 12.7 Å². The minimum atomic E-state index is -4.36. The van der Waals surface area contributed by atoms with Gasteiger partial charge >= 0.3 is 6.18 Å². The molecule has 4 aromatic rings. The van der Waals surface area contributed by atoms with Gasteiger partial charge in [-0.25, -0.2) is 4.39 Å². The molecule has 158 valence electrons. The Morgan fingerprint density at radius 1 is 0.871 bits per heavy atom. The maximum Gasteiger partial charge on any atom is 0.416 e. The first-order chi connectivity index (χ1) is 14.8. The normalized spacial score (nSPS) is 11.6. The number of benzene rings is 3. The van der Waals surface area contributed by atoms with E-state index < -0.39 is 11.7 Å². The predicted octanol–water partition coefficient (Wildman–Crippen LogP) is 6.69. The van der Waals surface area contributed by atoms with Gasteiger partial charge in [-0.3, -0.25) is 4.57 Å². The first kappa shape index (κ1) is 21.1. The fourth-order valence-corrected chi connectivity index (χ4v) is 4.02. The number of hydrogen-bond donors (Lipinski definition) is 0. The van der Waals surface area contributed by atoms with Gasteiger partial charge in [-0.05, 0) is 60.5 Å². The van der Waals surface area contributed by atoms with Gasteiger partial charge in [0.25, 0.3) is 0 Å². The zero-order chi connectivity index (χ0) is 22.0. The predicted molar refractivity (Wildman–Crippen MR) is 112 cm³/mol. The summed E-state index contributed by atoms with van der Waals surface area (Å²) in [5.41, 5.74) is 2.64. The summed E-state index contributed by atoms with van der Waals surface area (Å²) >= 11 is 1.37. The Balaban J connectivity index is 1.68. The monoisotopic (exact) mass is 443 g/mol. The van der Waals surface area contributed by atoms with Gasteiger partial charge in [0, 0.05) is 11.3 Å². The lowest BCUT2D eigenvalue weighted by Crippen LogP contribution is -2.04. The van der Waals surface area contributed by atoms with Gasteiger partial charge in [0.2, 0.25) is 0 Å². The summed E-state index contributed by atoms with van der Waals surface area (Å²) in [6, 6.07) is 18.8. The van der Waals surface area contributed by atoms with E-state index in [9.17, 15) is 17.6 Å². The summed E-state index contributed by atoms with van der Waals surface area (Å²) in [6.45, 7) is 1.97. The number of aromatic nitrogens is 3. The van der Waals surface area contributed by atoms with Crippen LogP contribution < -0.4 is 0 Å². The molecule has 31 heavy (non-hydrogen) atoms. The zero-order valence-electron chi connectivity index (χ0n) is 16.4. The Morgan fingerprint density at radius 3 is 2.19 bits per heavy atom. The molecular formula is C23H17F4N3S. The molecule has 0 N–H and O–H groups in total. The van der Waals surface area contributed by atoms with Gasteiger partial charge in [-0.2, -0.15) is 13.2 Å². The van der Waals surface area contributed by atoms with Gasteiger partial charge in [-0.1, -0.05) is 42.1 Å². The number of rotatable bonds is 5. The van der Waals surface area contributed by atoms with Gasteiger partial charge in [0.05, 0.1) is 11.3 Å². The molecule has 0 spiro atoms. The minimum Gasteiger partial charge on any atom is -0.270 e. The number of para-hydroxylation sites is 1. The van der Waals surface area contributed by atoms with Crippen LogP contribution in [0.2, 0.25) is 0 Å². The number of thioether (sulfide) groups is 1. The molecule has 3 nitrogen and oxygen atoms in total. The Hall–Kier alpha value is -3.13. The Bertz CT molecular complexity index is 1180. The summed E-state index contributed by atoms with van der Waals surface area (Å²) < 4.78 is 53.6. The first-order valence-electron chi connectivity index (χ1n) is 9.39. The van der Waals surface area contributed by atoms with Crippen LogP contribution in [0.4, 0.5) is 17.6 Å². The van der Waals surface area contributed by atoms with Crippen molar-refractivity contribution in [2.45, 2.75) is 24.0 Å². The van der Waals surface area contributed by atoms with Crippen molar-refractivity contribution in [2.24, 2.45) is 0 Å². The summed E-state index contributed by atoms with van der Waals surface area (Å²) in [4.78, 5) is 0. The number of alkyl halides is 3. The van der Waals surface area contributed by atoms with Crippen LogP contribution in [0.25, 0.3) is 17.1 Å². The SMILES string of the molecule is Cc1ccccc1-n1c(SCc2ccc(C(F)(F)F)cc2)nnc1-c1ccc(F)cc1. The third-order valence-electron chi connectivity index (χ3n) is 4.74. The molecule has 0 amide bonds. The zero-order valence-corrected chi connectivity index (χ0v) is 17.2. The van der Waals surface area contributed by atoms with Crippen molar-refractivity contribution < 1.29 is 17.6 Å². The lowest BCUT2D eigenvalue weighted by Gasteiger charge is -2.13. The highest BCUT2D eigenvalue weighted by Crippen LogP contribution is 2.33. The van der Waals surface area contributed by atoms with Crippen LogP contribution in [0.5, 0.6) is 0 Å². The second kappa shape index (κ2) is 8.55. The van der Waals surface area contributed by atoms with E-state index in [0.29, 0.717) is 22.3 Å². The first-order valence-corrected chi connectivity index (χ1v) is 10.4. The maximum atomic E-state index is 13.4. The van der Waals surface area contributed by atoms with E-state index in [0.717, 1.165) is 28.9 Å². The molecule has 0 aliphatic rings. The molecule has 3 aromatic carbocycles. The molecule has 0 unspecified atom stereocenters. The lowest BCUT2D eigenvalue weighted by molar-refractivity contribution is -0.137. The molecular weight excluding hydrogens is 426 g/mol. The van der Waals surface area contributed by atoms with E-state index >= 15 is 0 Å². The molecule has 0 bridgehead atoms. The van der Waals surface area contributed by atoms with Crippen molar-refractivity contribution in [3.63, 3.8) is 0 Å². The minimum absolute atomic E-state index is 0.345.